The highest BCUT2D eigenvalue weighted by Crippen LogP contribution is 2.33. The van der Waals surface area contributed by atoms with Gasteiger partial charge in [-0.15, -0.1) is 0 Å². The van der Waals surface area contributed by atoms with Gasteiger partial charge in [0.15, 0.2) is 5.69 Å². The molecule has 0 unspecified atom stereocenters. The van der Waals surface area contributed by atoms with Crippen molar-refractivity contribution < 1.29 is 27.9 Å². The van der Waals surface area contributed by atoms with Crippen LogP contribution in [0.4, 0.5) is 13.2 Å². The molecule has 2 aromatic rings. The number of nitrogens with one attached hydrogen (secondary N) is 1. The number of hydrogen-bond acceptors (Lipinski definition) is 3. The molecule has 9 heteroatoms. The van der Waals surface area contributed by atoms with Crippen molar-refractivity contribution in [3.63, 3.8) is 0 Å². The predicted molar refractivity (Wildman–Crippen MR) is 77.9 cm³/mol. The van der Waals surface area contributed by atoms with Crippen LogP contribution in [0.3, 0.4) is 0 Å². The number of hydrogen-bond donors (Lipinski definition) is 2. The fourth-order valence-corrected chi connectivity index (χ4v) is 2.08. The monoisotopic (exact) mass is 341 g/mol. The van der Waals surface area contributed by atoms with E-state index in [1.165, 1.54) is 12.1 Å². The lowest BCUT2D eigenvalue weighted by atomic mass is 10.2. The zero-order valence-electron chi connectivity index (χ0n) is 12.8. The van der Waals surface area contributed by atoms with Crippen molar-refractivity contribution in [1.82, 2.24) is 15.1 Å². The van der Waals surface area contributed by atoms with Crippen LogP contribution in [0.5, 0.6) is 0 Å². The first kappa shape index (κ1) is 17.5. The van der Waals surface area contributed by atoms with Crippen molar-refractivity contribution in [3.8, 4) is 5.69 Å². The van der Waals surface area contributed by atoms with Gasteiger partial charge in [-0.2, -0.15) is 18.3 Å². The topological polar surface area (TPSA) is 84.2 Å². The van der Waals surface area contributed by atoms with E-state index in [1.807, 2.05) is 5.32 Å². The number of aryl methyl sites for hydroxylation is 1. The van der Waals surface area contributed by atoms with Gasteiger partial charge in [-0.25, -0.2) is 4.68 Å². The second-order valence-electron chi connectivity index (χ2n) is 5.19. The van der Waals surface area contributed by atoms with Crippen molar-refractivity contribution in [2.75, 3.05) is 0 Å². The Kier molecular flexibility index (Phi) is 4.63. The van der Waals surface area contributed by atoms with Crippen LogP contribution in [-0.4, -0.2) is 32.8 Å². The Morgan fingerprint density at radius 1 is 1.33 bits per heavy atom. The molecule has 0 saturated carbocycles. The van der Waals surface area contributed by atoms with Crippen LogP contribution >= 0.6 is 0 Å². The van der Waals surface area contributed by atoms with E-state index >= 15 is 0 Å². The lowest BCUT2D eigenvalue weighted by molar-refractivity contribution is -0.143. The number of alkyl halides is 3. The fourth-order valence-electron chi connectivity index (χ4n) is 2.08. The Labute approximate surface area is 134 Å². The van der Waals surface area contributed by atoms with Crippen LogP contribution in [0, 0.1) is 6.92 Å². The van der Waals surface area contributed by atoms with Gasteiger partial charge in [0, 0.05) is 0 Å². The molecule has 0 aliphatic heterocycles. The number of aliphatic carboxylic acids is 1. The summed E-state index contributed by atoms with van der Waals surface area (Å²) in [6.45, 7) is 2.86. The van der Waals surface area contributed by atoms with Crippen LogP contribution in [0.15, 0.2) is 30.5 Å². The quantitative estimate of drug-likeness (QED) is 0.894. The van der Waals surface area contributed by atoms with Crippen LogP contribution in [-0.2, 0) is 11.0 Å². The van der Waals surface area contributed by atoms with Crippen molar-refractivity contribution in [3.05, 3.63) is 47.3 Å². The first-order chi connectivity index (χ1) is 11.1. The Balaban J connectivity index is 2.51. The summed E-state index contributed by atoms with van der Waals surface area (Å²) in [4.78, 5) is 22.8. The summed E-state index contributed by atoms with van der Waals surface area (Å²) in [7, 11) is 0. The molecule has 128 valence electrons. The maximum Gasteiger partial charge on any atom is 0.434 e. The summed E-state index contributed by atoms with van der Waals surface area (Å²) in [5.74, 6) is -2.51. The Bertz CT molecular complexity index is 784. The predicted octanol–water partition coefficient (Wildman–Crippen LogP) is 2.40. The second-order valence-corrected chi connectivity index (χ2v) is 5.19. The standard InChI is InChI=1S/C15H14F3N3O3/c1-8-4-3-5-10(6-8)21-12(15(16,17)18)11(7-19-21)13(22)20-9(2)14(23)24/h3-7,9H,1-2H3,(H,20,22)(H,23,24)/t9-/m0/s1. The van der Waals surface area contributed by atoms with Crippen molar-refractivity contribution in [2.24, 2.45) is 0 Å². The molecule has 0 bridgehead atoms. The van der Waals surface area contributed by atoms with Gasteiger partial charge in [0.05, 0.1) is 17.4 Å². The molecular weight excluding hydrogens is 327 g/mol. The van der Waals surface area contributed by atoms with E-state index in [9.17, 15) is 22.8 Å². The summed E-state index contributed by atoms with van der Waals surface area (Å²) >= 11 is 0. The summed E-state index contributed by atoms with van der Waals surface area (Å²) in [5, 5.41) is 14.4. The van der Waals surface area contributed by atoms with E-state index in [2.05, 4.69) is 5.10 Å². The number of carbonyl (C=O) groups is 2. The third kappa shape index (κ3) is 3.55. The Hall–Kier alpha value is -2.84. The van der Waals surface area contributed by atoms with E-state index in [1.54, 1.807) is 19.1 Å². The van der Waals surface area contributed by atoms with E-state index in [-0.39, 0.29) is 5.69 Å². The van der Waals surface area contributed by atoms with Gasteiger partial charge >= 0.3 is 12.1 Å². The van der Waals surface area contributed by atoms with Gasteiger partial charge in [0.2, 0.25) is 0 Å². The first-order valence-electron chi connectivity index (χ1n) is 6.87. The highest BCUT2D eigenvalue weighted by atomic mass is 19.4. The van der Waals surface area contributed by atoms with Crippen LogP contribution < -0.4 is 5.32 Å². The summed E-state index contributed by atoms with van der Waals surface area (Å²) in [6.07, 6.45) is -4.07. The van der Waals surface area contributed by atoms with Gasteiger partial charge in [0.25, 0.3) is 5.91 Å². The second kappa shape index (κ2) is 6.34. The van der Waals surface area contributed by atoms with Gasteiger partial charge in [-0.05, 0) is 31.5 Å². The number of halogens is 3. The molecule has 1 heterocycles. The number of rotatable bonds is 4. The molecule has 2 rings (SSSR count). The molecule has 24 heavy (non-hydrogen) atoms. The van der Waals surface area contributed by atoms with E-state index in [4.69, 9.17) is 5.11 Å². The fraction of sp³-hybridized carbons (Fsp3) is 0.267. The number of nitrogens with zero attached hydrogens (tertiary/aromatic N) is 2. The van der Waals surface area contributed by atoms with Gasteiger partial charge in [0.1, 0.15) is 6.04 Å². The lowest BCUT2D eigenvalue weighted by Crippen LogP contribution is -2.39. The molecule has 0 spiro atoms. The van der Waals surface area contributed by atoms with E-state index in [0.29, 0.717) is 4.68 Å². The van der Waals surface area contributed by atoms with Gasteiger partial charge in [-0.1, -0.05) is 12.1 Å². The number of benzene rings is 1. The normalized spacial score (nSPS) is 12.7. The third-order valence-corrected chi connectivity index (χ3v) is 3.25. The average Bonchev–Trinajstić information content (AvgIpc) is 2.92. The molecule has 1 amide bonds. The molecule has 6 nitrogen and oxygen atoms in total. The van der Waals surface area contributed by atoms with Crippen LogP contribution in [0.25, 0.3) is 5.69 Å². The smallest absolute Gasteiger partial charge is 0.434 e. The molecular formula is C15H14F3N3O3. The average molecular weight is 341 g/mol. The Morgan fingerprint density at radius 2 is 2.00 bits per heavy atom. The molecule has 1 atom stereocenters. The van der Waals surface area contributed by atoms with E-state index < -0.39 is 35.4 Å². The maximum atomic E-state index is 13.4. The molecule has 0 fully saturated rings. The minimum Gasteiger partial charge on any atom is -0.480 e. The number of aromatic nitrogens is 2. The highest BCUT2D eigenvalue weighted by Gasteiger charge is 2.40. The van der Waals surface area contributed by atoms with Crippen molar-refractivity contribution in [1.29, 1.82) is 0 Å². The number of carbonyl (C=O) groups excluding carboxylic acids is 1. The summed E-state index contributed by atoms with van der Waals surface area (Å²) in [5.41, 5.74) is -1.13. The largest absolute Gasteiger partial charge is 0.480 e. The molecule has 0 saturated heterocycles. The molecule has 1 aromatic carbocycles. The zero-order chi connectivity index (χ0) is 18.1. The lowest BCUT2D eigenvalue weighted by Gasteiger charge is -2.14. The van der Waals surface area contributed by atoms with Crippen molar-refractivity contribution in [2.45, 2.75) is 26.1 Å². The summed E-state index contributed by atoms with van der Waals surface area (Å²) in [6, 6.07) is 4.86. The molecule has 1 aromatic heterocycles. The SMILES string of the molecule is Cc1cccc(-n2ncc(C(=O)N[C@@H](C)C(=O)O)c2C(F)(F)F)c1. The highest BCUT2D eigenvalue weighted by molar-refractivity contribution is 5.97. The van der Waals surface area contributed by atoms with Crippen LogP contribution in [0.1, 0.15) is 28.5 Å². The summed E-state index contributed by atoms with van der Waals surface area (Å²) < 4.78 is 40.9. The first-order valence-corrected chi connectivity index (χ1v) is 6.87. The minimum atomic E-state index is -4.85. The van der Waals surface area contributed by atoms with Crippen LogP contribution in [0.2, 0.25) is 0 Å². The van der Waals surface area contributed by atoms with Crippen molar-refractivity contribution >= 4 is 11.9 Å². The number of carboxylic acids is 1. The zero-order valence-corrected chi connectivity index (χ0v) is 12.8. The molecule has 0 aliphatic carbocycles. The Morgan fingerprint density at radius 3 is 2.54 bits per heavy atom. The minimum absolute atomic E-state index is 0.146. The van der Waals surface area contributed by atoms with E-state index in [0.717, 1.165) is 18.7 Å². The van der Waals surface area contributed by atoms with Gasteiger partial charge < -0.3 is 10.4 Å². The maximum absolute atomic E-state index is 13.4. The molecule has 0 radical (unpaired) electrons. The number of carboxylic acid groups (broad SMARTS) is 1. The van der Waals surface area contributed by atoms with Gasteiger partial charge in [-0.3, -0.25) is 9.59 Å². The number of amides is 1. The third-order valence-electron chi connectivity index (χ3n) is 3.25. The molecule has 2 N–H and O–H groups in total. The molecule has 0 aliphatic rings.